The molecule has 1 heterocycles. The number of rotatable bonds is 8. The molecule has 0 saturated heterocycles. The van der Waals surface area contributed by atoms with Crippen molar-refractivity contribution in [1.29, 1.82) is 0 Å². The fourth-order valence-electron chi connectivity index (χ4n) is 2.35. The Labute approximate surface area is 155 Å². The lowest BCUT2D eigenvalue weighted by molar-refractivity contribution is -0.154. The molecule has 9 nitrogen and oxygen atoms in total. The molecule has 0 saturated carbocycles. The predicted octanol–water partition coefficient (Wildman–Crippen LogP) is 1.37. The van der Waals surface area contributed by atoms with Gasteiger partial charge in [0.25, 0.3) is 0 Å². The zero-order valence-electron chi connectivity index (χ0n) is 15.4. The molecule has 1 unspecified atom stereocenters. The molecule has 1 aromatic carbocycles. The van der Waals surface area contributed by atoms with Gasteiger partial charge >= 0.3 is 17.6 Å². The average Bonchev–Trinajstić information content (AvgIpc) is 2.67. The van der Waals surface area contributed by atoms with Crippen LogP contribution in [-0.4, -0.2) is 47.0 Å². The van der Waals surface area contributed by atoms with Gasteiger partial charge < -0.3 is 14.2 Å². The lowest BCUT2D eigenvalue weighted by Gasteiger charge is -2.16. The van der Waals surface area contributed by atoms with E-state index in [0.717, 1.165) is 4.68 Å². The van der Waals surface area contributed by atoms with Crippen molar-refractivity contribution in [1.82, 2.24) is 14.8 Å². The van der Waals surface area contributed by atoms with E-state index in [1.165, 1.54) is 6.20 Å². The Morgan fingerprint density at radius 1 is 1.11 bits per heavy atom. The van der Waals surface area contributed by atoms with Gasteiger partial charge in [0.2, 0.25) is 0 Å². The van der Waals surface area contributed by atoms with Crippen LogP contribution in [0.25, 0.3) is 11.3 Å². The molecule has 9 heteroatoms. The van der Waals surface area contributed by atoms with Crippen molar-refractivity contribution >= 4 is 11.9 Å². The quantitative estimate of drug-likeness (QED) is 0.636. The summed E-state index contributed by atoms with van der Waals surface area (Å²) in [6.45, 7) is 3.53. The maximum Gasteiger partial charge on any atom is 0.365 e. The number of methoxy groups -OCH3 is 1. The predicted molar refractivity (Wildman–Crippen MR) is 95.2 cm³/mol. The highest BCUT2D eigenvalue weighted by molar-refractivity contribution is 5.81. The molecule has 0 N–H and O–H groups in total. The van der Waals surface area contributed by atoms with Crippen LogP contribution in [0.2, 0.25) is 0 Å². The highest BCUT2D eigenvalue weighted by Gasteiger charge is 2.28. The molecule has 2 rings (SSSR count). The van der Waals surface area contributed by atoms with Crippen molar-refractivity contribution in [3.8, 4) is 17.0 Å². The van der Waals surface area contributed by atoms with Crippen molar-refractivity contribution in [3.05, 3.63) is 40.9 Å². The number of ether oxygens (including phenoxy) is 3. The molecule has 0 bridgehead atoms. The van der Waals surface area contributed by atoms with Crippen LogP contribution in [-0.2, 0) is 19.1 Å². The molecular weight excluding hydrogens is 354 g/mol. The van der Waals surface area contributed by atoms with E-state index in [1.807, 2.05) is 0 Å². The van der Waals surface area contributed by atoms with Gasteiger partial charge in [-0.15, -0.1) is 0 Å². The van der Waals surface area contributed by atoms with E-state index in [-0.39, 0.29) is 19.6 Å². The zero-order valence-corrected chi connectivity index (χ0v) is 15.4. The number of benzene rings is 1. The molecule has 0 aliphatic heterocycles. The van der Waals surface area contributed by atoms with E-state index in [2.05, 4.69) is 10.1 Å². The summed E-state index contributed by atoms with van der Waals surface area (Å²) in [5.74, 6) is -0.723. The van der Waals surface area contributed by atoms with Gasteiger partial charge in [0, 0.05) is 5.56 Å². The molecule has 0 amide bonds. The van der Waals surface area contributed by atoms with E-state index in [4.69, 9.17) is 14.2 Å². The van der Waals surface area contributed by atoms with Gasteiger partial charge in [0.05, 0.1) is 38.6 Å². The molecular formula is C18H21N3O6. The minimum atomic E-state index is -1.24. The normalized spacial score (nSPS) is 11.5. The Hall–Kier alpha value is -3.23. The third-order valence-corrected chi connectivity index (χ3v) is 3.62. The van der Waals surface area contributed by atoms with Crippen LogP contribution in [0.5, 0.6) is 5.75 Å². The van der Waals surface area contributed by atoms with Gasteiger partial charge in [-0.2, -0.15) is 14.8 Å². The van der Waals surface area contributed by atoms with E-state index < -0.39 is 23.7 Å². The second-order valence-electron chi connectivity index (χ2n) is 5.37. The Kier molecular flexibility index (Phi) is 7.04. The molecule has 0 fully saturated rings. The van der Waals surface area contributed by atoms with E-state index in [0.29, 0.717) is 17.0 Å². The number of carbonyl (C=O) groups excluding carboxylic acids is 2. The van der Waals surface area contributed by atoms with Crippen LogP contribution in [0, 0.1) is 0 Å². The first-order valence-corrected chi connectivity index (χ1v) is 8.42. The summed E-state index contributed by atoms with van der Waals surface area (Å²) in [6, 6.07) is 5.67. The van der Waals surface area contributed by atoms with Crippen LogP contribution in [0.4, 0.5) is 0 Å². The molecule has 1 atom stereocenters. The third-order valence-electron chi connectivity index (χ3n) is 3.62. The second-order valence-corrected chi connectivity index (χ2v) is 5.37. The summed E-state index contributed by atoms with van der Waals surface area (Å²) >= 11 is 0. The highest BCUT2D eigenvalue weighted by Crippen LogP contribution is 2.19. The first kappa shape index (κ1) is 20.1. The van der Waals surface area contributed by atoms with Gasteiger partial charge in [-0.1, -0.05) is 0 Å². The summed E-state index contributed by atoms with van der Waals surface area (Å²) in [5.41, 5.74) is 0.217. The molecule has 27 heavy (non-hydrogen) atoms. The fraction of sp³-hybridized carbons (Fsp3) is 0.389. The Balaban J connectivity index is 2.34. The molecule has 0 spiro atoms. The number of esters is 2. The summed E-state index contributed by atoms with van der Waals surface area (Å²) in [5, 5.41) is 4.02. The van der Waals surface area contributed by atoms with Crippen molar-refractivity contribution in [3.63, 3.8) is 0 Å². The zero-order chi connectivity index (χ0) is 19.8. The molecule has 0 aliphatic carbocycles. The van der Waals surface area contributed by atoms with Gasteiger partial charge in [-0.05, 0) is 38.1 Å². The van der Waals surface area contributed by atoms with Crippen molar-refractivity contribution in [2.45, 2.75) is 26.3 Å². The van der Waals surface area contributed by atoms with E-state index in [1.54, 1.807) is 45.2 Å². The summed E-state index contributed by atoms with van der Waals surface area (Å²) in [6.07, 6.45) is 0.976. The van der Waals surface area contributed by atoms with Gasteiger partial charge in [-0.3, -0.25) is 4.79 Å². The van der Waals surface area contributed by atoms with Crippen molar-refractivity contribution in [2.75, 3.05) is 20.3 Å². The van der Waals surface area contributed by atoms with Crippen LogP contribution in [0.3, 0.4) is 0 Å². The second kappa shape index (κ2) is 9.46. The number of hydrogen-bond donors (Lipinski definition) is 0. The summed E-state index contributed by atoms with van der Waals surface area (Å²) in [7, 11) is 1.55. The Morgan fingerprint density at radius 2 is 1.78 bits per heavy atom. The Morgan fingerprint density at radius 3 is 2.33 bits per heavy atom. The minimum absolute atomic E-state index is 0.101. The maximum absolute atomic E-state index is 12.4. The maximum atomic E-state index is 12.4. The lowest BCUT2D eigenvalue weighted by Crippen LogP contribution is -2.36. The van der Waals surface area contributed by atoms with Crippen molar-refractivity contribution < 1.29 is 23.8 Å². The first-order valence-electron chi connectivity index (χ1n) is 8.42. The molecule has 0 aliphatic rings. The lowest BCUT2D eigenvalue weighted by atomic mass is 10.1. The molecule has 144 valence electrons. The molecule has 1 aromatic heterocycles. The van der Waals surface area contributed by atoms with Crippen LogP contribution < -0.4 is 10.4 Å². The van der Waals surface area contributed by atoms with E-state index >= 15 is 0 Å². The smallest absolute Gasteiger partial charge is 0.365 e. The number of carbonyl (C=O) groups is 2. The van der Waals surface area contributed by atoms with Gasteiger partial charge in [-0.25, -0.2) is 9.59 Å². The van der Waals surface area contributed by atoms with Crippen LogP contribution >= 0.6 is 0 Å². The Bertz CT molecular complexity index is 847. The monoisotopic (exact) mass is 375 g/mol. The van der Waals surface area contributed by atoms with Crippen molar-refractivity contribution in [2.24, 2.45) is 0 Å². The van der Waals surface area contributed by atoms with Gasteiger partial charge in [0.15, 0.2) is 6.04 Å². The number of aromatic nitrogens is 3. The van der Waals surface area contributed by atoms with Crippen LogP contribution in [0.1, 0.15) is 26.3 Å². The SMILES string of the molecule is CCOC(=O)CC(C(=O)OCC)n1ncc(-c2ccc(OC)cc2)nc1=O. The number of hydrogen-bond acceptors (Lipinski definition) is 8. The number of nitrogens with zero attached hydrogens (tertiary/aromatic N) is 3. The van der Waals surface area contributed by atoms with Crippen LogP contribution in [0.15, 0.2) is 35.3 Å². The van der Waals surface area contributed by atoms with E-state index in [9.17, 15) is 14.4 Å². The topological polar surface area (TPSA) is 110 Å². The summed E-state index contributed by atoms with van der Waals surface area (Å²) < 4.78 is 15.7. The highest BCUT2D eigenvalue weighted by atomic mass is 16.5. The third kappa shape index (κ3) is 5.13. The fourth-order valence-corrected chi connectivity index (χ4v) is 2.35. The molecule has 2 aromatic rings. The average molecular weight is 375 g/mol. The largest absolute Gasteiger partial charge is 0.497 e. The minimum Gasteiger partial charge on any atom is -0.497 e. The summed E-state index contributed by atoms with van der Waals surface area (Å²) in [4.78, 5) is 40.4. The first-order chi connectivity index (χ1) is 13.0. The standard InChI is InChI=1S/C18H21N3O6/c1-4-26-16(22)10-15(17(23)27-5-2)21-18(24)20-14(11-19-21)12-6-8-13(25-3)9-7-12/h6-9,11,15H,4-5,10H2,1-3H3. The van der Waals surface area contributed by atoms with Gasteiger partial charge in [0.1, 0.15) is 5.75 Å². The molecule has 0 radical (unpaired) electrons.